The highest BCUT2D eigenvalue weighted by molar-refractivity contribution is 5.70. The van der Waals surface area contributed by atoms with Crippen LogP contribution in [0, 0.1) is 0 Å². The second-order valence-corrected chi connectivity index (χ2v) is 5.36. The predicted octanol–water partition coefficient (Wildman–Crippen LogP) is 5.11. The van der Waals surface area contributed by atoms with Gasteiger partial charge in [0, 0.05) is 6.42 Å². The van der Waals surface area contributed by atoms with Gasteiger partial charge in [-0.05, 0) is 25.5 Å². The van der Waals surface area contributed by atoms with E-state index in [1.165, 1.54) is 32.1 Å². The van der Waals surface area contributed by atoms with Gasteiger partial charge in [0.25, 0.3) is 0 Å². The number of benzene rings is 1. The number of hydroxylamine groups is 1. The average Bonchev–Trinajstić information content (AvgIpc) is 2.52. The van der Waals surface area contributed by atoms with Gasteiger partial charge in [0.1, 0.15) is 0 Å². The lowest BCUT2D eigenvalue weighted by molar-refractivity contribution is -0.145. The van der Waals surface area contributed by atoms with Crippen LogP contribution in [0.1, 0.15) is 65.2 Å². The van der Waals surface area contributed by atoms with Crippen molar-refractivity contribution < 1.29 is 9.63 Å². The van der Waals surface area contributed by atoms with Crippen molar-refractivity contribution in [3.8, 4) is 0 Å². The van der Waals surface area contributed by atoms with E-state index in [4.69, 9.17) is 4.84 Å². The number of anilines is 1. The van der Waals surface area contributed by atoms with Gasteiger partial charge in [-0.1, -0.05) is 63.6 Å². The Bertz CT molecular complexity index is 378. The van der Waals surface area contributed by atoms with Crippen molar-refractivity contribution in [2.75, 3.05) is 11.6 Å². The minimum Gasteiger partial charge on any atom is -0.341 e. The van der Waals surface area contributed by atoms with Crippen LogP contribution in [-0.4, -0.2) is 12.5 Å². The van der Waals surface area contributed by atoms with Crippen molar-refractivity contribution in [3.63, 3.8) is 0 Å². The molecule has 0 radical (unpaired) electrons. The van der Waals surface area contributed by atoms with Gasteiger partial charge in [-0.15, -0.1) is 0 Å². The number of hydrogen-bond donors (Lipinski definition) is 0. The maximum absolute atomic E-state index is 11.9. The van der Waals surface area contributed by atoms with Gasteiger partial charge >= 0.3 is 5.97 Å². The number of carbonyl (C=O) groups is 1. The number of hydrogen-bond acceptors (Lipinski definition) is 3. The van der Waals surface area contributed by atoms with Gasteiger partial charge in [-0.25, -0.2) is 9.86 Å². The topological polar surface area (TPSA) is 29.5 Å². The Labute approximate surface area is 129 Å². The first kappa shape index (κ1) is 17.5. The number of para-hydroxylation sites is 1. The Hall–Kier alpha value is -1.51. The van der Waals surface area contributed by atoms with Crippen molar-refractivity contribution in [1.82, 2.24) is 0 Å². The number of nitrogens with zero attached hydrogens (tertiary/aromatic N) is 1. The summed E-state index contributed by atoms with van der Waals surface area (Å²) in [6, 6.07) is 9.75. The molecule has 0 aliphatic carbocycles. The number of carbonyl (C=O) groups excluding carboxylic acids is 1. The molecule has 0 N–H and O–H groups in total. The molecule has 3 heteroatoms. The van der Waals surface area contributed by atoms with E-state index in [-0.39, 0.29) is 5.97 Å². The molecule has 0 unspecified atom stereocenters. The third-order valence-electron chi connectivity index (χ3n) is 3.53. The molecule has 0 bridgehead atoms. The summed E-state index contributed by atoms with van der Waals surface area (Å²) >= 11 is 0. The molecule has 118 valence electrons. The molecule has 0 saturated carbocycles. The van der Waals surface area contributed by atoms with E-state index in [0.29, 0.717) is 13.0 Å². The molecule has 0 saturated heterocycles. The van der Waals surface area contributed by atoms with Crippen LogP contribution in [0.2, 0.25) is 0 Å². The second kappa shape index (κ2) is 11.2. The molecule has 1 aromatic carbocycles. The highest BCUT2D eigenvalue weighted by Gasteiger charge is 2.10. The Morgan fingerprint density at radius 1 is 0.952 bits per heavy atom. The molecule has 0 aromatic heterocycles. The summed E-state index contributed by atoms with van der Waals surface area (Å²) in [6.45, 7) is 4.86. The van der Waals surface area contributed by atoms with E-state index in [9.17, 15) is 4.79 Å². The normalized spacial score (nSPS) is 10.4. The van der Waals surface area contributed by atoms with Gasteiger partial charge in [-0.2, -0.15) is 0 Å². The SMILES string of the molecule is CCCCCCCCCC(=O)ON(CC)c1ccccc1. The zero-order valence-electron chi connectivity index (χ0n) is 13.5. The van der Waals surface area contributed by atoms with Gasteiger partial charge < -0.3 is 4.84 Å². The molecule has 3 nitrogen and oxygen atoms in total. The van der Waals surface area contributed by atoms with E-state index in [0.717, 1.165) is 18.5 Å². The van der Waals surface area contributed by atoms with Crippen LogP contribution in [0.15, 0.2) is 30.3 Å². The lowest BCUT2D eigenvalue weighted by atomic mass is 10.1. The zero-order valence-corrected chi connectivity index (χ0v) is 13.5. The fraction of sp³-hybridized carbons (Fsp3) is 0.611. The molecule has 0 fully saturated rings. The minimum atomic E-state index is -0.130. The van der Waals surface area contributed by atoms with E-state index < -0.39 is 0 Å². The minimum absolute atomic E-state index is 0.130. The van der Waals surface area contributed by atoms with E-state index in [1.807, 2.05) is 37.3 Å². The first-order valence-electron chi connectivity index (χ1n) is 8.31. The van der Waals surface area contributed by atoms with Gasteiger partial charge in [0.15, 0.2) is 0 Å². The summed E-state index contributed by atoms with van der Waals surface area (Å²) in [7, 11) is 0. The van der Waals surface area contributed by atoms with Crippen molar-refractivity contribution in [2.24, 2.45) is 0 Å². The largest absolute Gasteiger partial charge is 0.341 e. The van der Waals surface area contributed by atoms with Gasteiger partial charge in [-0.3, -0.25) is 0 Å². The summed E-state index contributed by atoms with van der Waals surface area (Å²) < 4.78 is 0. The van der Waals surface area contributed by atoms with E-state index >= 15 is 0 Å². The summed E-state index contributed by atoms with van der Waals surface area (Å²) in [5, 5.41) is 1.66. The van der Waals surface area contributed by atoms with Crippen molar-refractivity contribution in [2.45, 2.75) is 65.2 Å². The number of unbranched alkanes of at least 4 members (excludes halogenated alkanes) is 6. The molecule has 1 rings (SSSR count). The second-order valence-electron chi connectivity index (χ2n) is 5.36. The monoisotopic (exact) mass is 291 g/mol. The smallest absolute Gasteiger partial charge is 0.332 e. The van der Waals surface area contributed by atoms with Crippen LogP contribution in [0.5, 0.6) is 0 Å². The Kier molecular flexibility index (Phi) is 9.34. The molecular weight excluding hydrogens is 262 g/mol. The molecule has 0 aliphatic heterocycles. The molecular formula is C18H29NO2. The highest BCUT2D eigenvalue weighted by Crippen LogP contribution is 2.15. The quantitative estimate of drug-likeness (QED) is 0.419. The maximum Gasteiger partial charge on any atom is 0.332 e. The summed E-state index contributed by atoms with van der Waals surface area (Å²) in [5.74, 6) is -0.130. The molecule has 1 aromatic rings. The predicted molar refractivity (Wildman–Crippen MR) is 88.2 cm³/mol. The highest BCUT2D eigenvalue weighted by atomic mass is 16.7. The summed E-state index contributed by atoms with van der Waals surface area (Å²) in [4.78, 5) is 17.3. The van der Waals surface area contributed by atoms with Crippen LogP contribution in [0.3, 0.4) is 0 Å². The molecule has 21 heavy (non-hydrogen) atoms. The average molecular weight is 291 g/mol. The first-order chi connectivity index (χ1) is 10.3. The van der Waals surface area contributed by atoms with E-state index in [2.05, 4.69) is 6.92 Å². The zero-order chi connectivity index (χ0) is 15.3. The lowest BCUT2D eigenvalue weighted by Gasteiger charge is -2.21. The Balaban J connectivity index is 2.17. The molecule has 0 heterocycles. The molecule has 0 aliphatic rings. The van der Waals surface area contributed by atoms with Crippen LogP contribution in [0.4, 0.5) is 5.69 Å². The Morgan fingerprint density at radius 2 is 1.57 bits per heavy atom. The fourth-order valence-corrected chi connectivity index (χ4v) is 2.29. The van der Waals surface area contributed by atoms with Crippen LogP contribution in [0.25, 0.3) is 0 Å². The van der Waals surface area contributed by atoms with Gasteiger partial charge in [0.05, 0.1) is 12.2 Å². The van der Waals surface area contributed by atoms with E-state index in [1.54, 1.807) is 5.06 Å². The number of rotatable bonds is 11. The maximum atomic E-state index is 11.9. The summed E-state index contributed by atoms with van der Waals surface area (Å²) in [5.41, 5.74) is 0.924. The van der Waals surface area contributed by atoms with Crippen molar-refractivity contribution in [3.05, 3.63) is 30.3 Å². The molecule has 0 amide bonds. The molecule has 0 spiro atoms. The van der Waals surface area contributed by atoms with Crippen molar-refractivity contribution >= 4 is 11.7 Å². The van der Waals surface area contributed by atoms with Crippen LogP contribution >= 0.6 is 0 Å². The third kappa shape index (κ3) is 7.74. The van der Waals surface area contributed by atoms with Gasteiger partial charge in [0.2, 0.25) is 0 Å². The summed E-state index contributed by atoms with van der Waals surface area (Å²) in [6.07, 6.45) is 8.99. The Morgan fingerprint density at radius 3 is 2.19 bits per heavy atom. The standard InChI is InChI=1S/C18H29NO2/c1-3-5-6-7-8-9-13-16-18(20)21-19(4-2)17-14-11-10-12-15-17/h10-12,14-15H,3-9,13,16H2,1-2H3. The van der Waals surface area contributed by atoms with Crippen LogP contribution in [-0.2, 0) is 9.63 Å². The fourth-order valence-electron chi connectivity index (χ4n) is 2.29. The third-order valence-corrected chi connectivity index (χ3v) is 3.53. The lowest BCUT2D eigenvalue weighted by Crippen LogP contribution is -2.26. The molecule has 0 atom stereocenters. The van der Waals surface area contributed by atoms with Crippen molar-refractivity contribution in [1.29, 1.82) is 0 Å². The van der Waals surface area contributed by atoms with Crippen LogP contribution < -0.4 is 5.06 Å². The first-order valence-corrected chi connectivity index (χ1v) is 8.31.